The molecule has 1 rings (SSSR count). The number of ether oxygens (including phenoxy) is 1. The first-order chi connectivity index (χ1) is 11.0. The van der Waals surface area contributed by atoms with Gasteiger partial charge in [0.2, 0.25) is 0 Å². The Kier molecular flexibility index (Phi) is 8.93. The summed E-state index contributed by atoms with van der Waals surface area (Å²) >= 11 is 0. The topological polar surface area (TPSA) is 46.5 Å². The quantitative estimate of drug-likeness (QED) is 0.631. The highest BCUT2D eigenvalue weighted by Crippen LogP contribution is 2.25. The number of methoxy groups -OCH3 is 1. The number of carboxylic acids is 1. The highest BCUT2D eigenvalue weighted by Gasteiger charge is 2.17. The van der Waals surface area contributed by atoms with Crippen LogP contribution >= 0.6 is 0 Å². The normalized spacial score (nSPS) is 11.2. The van der Waals surface area contributed by atoms with Crippen LogP contribution in [0, 0.1) is 5.92 Å². The van der Waals surface area contributed by atoms with E-state index in [1.165, 1.54) is 17.5 Å². The monoisotopic (exact) mass is 320 g/mol. The fraction of sp³-hybridized carbons (Fsp3) is 0.650. The first-order valence-corrected chi connectivity index (χ1v) is 8.87. The molecule has 0 saturated heterocycles. The number of hydrogen-bond donors (Lipinski definition) is 1. The maximum atomic E-state index is 11.6. The van der Waals surface area contributed by atoms with E-state index in [1.54, 1.807) is 13.2 Å². The van der Waals surface area contributed by atoms with Crippen LogP contribution in [0.4, 0.5) is 0 Å². The standard InChI is InChI=1S/C20H32O3/c1-5-6-9-16-11-12-19(20(21)22)18(13-14-23-4)17(16)10-7-8-15(2)3/h11-12,15H,5-10,13-14H2,1-4H3,(H,21,22). The fourth-order valence-electron chi connectivity index (χ4n) is 3.03. The van der Waals surface area contributed by atoms with E-state index in [-0.39, 0.29) is 0 Å². The van der Waals surface area contributed by atoms with E-state index in [2.05, 4.69) is 20.8 Å². The summed E-state index contributed by atoms with van der Waals surface area (Å²) in [5, 5.41) is 9.53. The van der Waals surface area contributed by atoms with Crippen LogP contribution in [0.15, 0.2) is 12.1 Å². The van der Waals surface area contributed by atoms with Crippen LogP contribution in [0.25, 0.3) is 0 Å². The van der Waals surface area contributed by atoms with Crippen molar-refractivity contribution in [3.63, 3.8) is 0 Å². The molecule has 0 aliphatic carbocycles. The van der Waals surface area contributed by atoms with Crippen LogP contribution in [-0.4, -0.2) is 24.8 Å². The smallest absolute Gasteiger partial charge is 0.335 e. The minimum atomic E-state index is -0.830. The number of aryl methyl sites for hydroxylation is 1. The molecule has 0 aliphatic rings. The molecule has 0 aliphatic heterocycles. The Morgan fingerprint density at radius 1 is 1.13 bits per heavy atom. The Hall–Kier alpha value is -1.35. The molecule has 0 unspecified atom stereocenters. The molecule has 0 radical (unpaired) electrons. The number of aromatic carboxylic acids is 1. The molecule has 1 aromatic rings. The summed E-state index contributed by atoms with van der Waals surface area (Å²) in [4.78, 5) is 11.6. The molecule has 0 saturated carbocycles. The first-order valence-electron chi connectivity index (χ1n) is 8.87. The van der Waals surface area contributed by atoms with Crippen LogP contribution in [0.5, 0.6) is 0 Å². The molecule has 0 aromatic heterocycles. The van der Waals surface area contributed by atoms with Gasteiger partial charge in [-0.3, -0.25) is 0 Å². The molecule has 0 bridgehead atoms. The van der Waals surface area contributed by atoms with E-state index in [9.17, 15) is 9.90 Å². The molecule has 130 valence electrons. The van der Waals surface area contributed by atoms with Crippen molar-refractivity contribution in [2.75, 3.05) is 13.7 Å². The highest BCUT2D eigenvalue weighted by molar-refractivity contribution is 5.90. The average molecular weight is 320 g/mol. The Bertz CT molecular complexity index is 492. The van der Waals surface area contributed by atoms with Gasteiger partial charge in [0.15, 0.2) is 0 Å². The van der Waals surface area contributed by atoms with Gasteiger partial charge in [0, 0.05) is 7.11 Å². The minimum absolute atomic E-state index is 0.446. The second-order valence-corrected chi connectivity index (χ2v) is 6.67. The van der Waals surface area contributed by atoms with Gasteiger partial charge in [-0.05, 0) is 60.8 Å². The third-order valence-electron chi connectivity index (χ3n) is 4.32. The molecule has 0 amide bonds. The molecular formula is C20H32O3. The Labute approximate surface area is 141 Å². The summed E-state index contributed by atoms with van der Waals surface area (Å²) in [5.41, 5.74) is 4.02. The summed E-state index contributed by atoms with van der Waals surface area (Å²) in [6.45, 7) is 7.22. The van der Waals surface area contributed by atoms with Gasteiger partial charge in [-0.2, -0.15) is 0 Å². The van der Waals surface area contributed by atoms with Gasteiger partial charge >= 0.3 is 5.97 Å². The number of carboxylic acid groups (broad SMARTS) is 1. The predicted octanol–water partition coefficient (Wildman–Crippen LogP) is 4.90. The largest absolute Gasteiger partial charge is 0.478 e. The molecule has 1 N–H and O–H groups in total. The van der Waals surface area contributed by atoms with E-state index in [1.807, 2.05) is 6.07 Å². The summed E-state index contributed by atoms with van der Waals surface area (Å²) in [6, 6.07) is 3.81. The van der Waals surface area contributed by atoms with Gasteiger partial charge in [-0.25, -0.2) is 4.79 Å². The summed E-state index contributed by atoms with van der Waals surface area (Å²) in [7, 11) is 1.67. The first kappa shape index (κ1) is 19.7. The zero-order valence-electron chi connectivity index (χ0n) is 15.2. The van der Waals surface area contributed by atoms with Crippen molar-refractivity contribution in [1.29, 1.82) is 0 Å². The van der Waals surface area contributed by atoms with Crippen LogP contribution in [0.2, 0.25) is 0 Å². The second-order valence-electron chi connectivity index (χ2n) is 6.67. The summed E-state index contributed by atoms with van der Waals surface area (Å²) in [5.74, 6) is -0.151. The van der Waals surface area contributed by atoms with E-state index < -0.39 is 5.97 Å². The third kappa shape index (κ3) is 6.34. The number of carbonyl (C=O) groups is 1. The van der Waals surface area contributed by atoms with Gasteiger partial charge in [-0.15, -0.1) is 0 Å². The Balaban J connectivity index is 3.16. The predicted molar refractivity (Wildman–Crippen MR) is 95.4 cm³/mol. The number of rotatable bonds is 11. The lowest BCUT2D eigenvalue weighted by Gasteiger charge is -2.18. The van der Waals surface area contributed by atoms with Gasteiger partial charge in [-0.1, -0.05) is 39.7 Å². The summed E-state index contributed by atoms with van der Waals surface area (Å²) in [6.07, 6.45) is 7.26. The van der Waals surface area contributed by atoms with Crippen molar-refractivity contribution < 1.29 is 14.6 Å². The molecule has 0 fully saturated rings. The molecule has 1 aromatic carbocycles. The lowest BCUT2D eigenvalue weighted by Crippen LogP contribution is -2.12. The van der Waals surface area contributed by atoms with Gasteiger partial charge < -0.3 is 9.84 Å². The van der Waals surface area contributed by atoms with Crippen LogP contribution in [0.3, 0.4) is 0 Å². The van der Waals surface area contributed by atoms with Crippen molar-refractivity contribution in [2.45, 2.75) is 65.7 Å². The SMILES string of the molecule is CCCCc1ccc(C(=O)O)c(CCOC)c1CCCC(C)C. The van der Waals surface area contributed by atoms with Crippen LogP contribution in [-0.2, 0) is 24.0 Å². The molecule has 0 heterocycles. The Morgan fingerprint density at radius 3 is 2.43 bits per heavy atom. The Morgan fingerprint density at radius 2 is 1.87 bits per heavy atom. The fourth-order valence-corrected chi connectivity index (χ4v) is 3.03. The van der Waals surface area contributed by atoms with Gasteiger partial charge in [0.05, 0.1) is 12.2 Å². The number of hydrogen-bond acceptors (Lipinski definition) is 2. The lowest BCUT2D eigenvalue weighted by atomic mass is 9.88. The van der Waals surface area contributed by atoms with Crippen LogP contribution < -0.4 is 0 Å². The average Bonchev–Trinajstić information content (AvgIpc) is 2.51. The van der Waals surface area contributed by atoms with Crippen molar-refractivity contribution in [2.24, 2.45) is 5.92 Å². The van der Waals surface area contributed by atoms with E-state index >= 15 is 0 Å². The lowest BCUT2D eigenvalue weighted by molar-refractivity contribution is 0.0695. The maximum absolute atomic E-state index is 11.6. The van der Waals surface area contributed by atoms with E-state index in [0.717, 1.165) is 37.7 Å². The second kappa shape index (κ2) is 10.4. The minimum Gasteiger partial charge on any atom is -0.478 e. The summed E-state index contributed by atoms with van der Waals surface area (Å²) < 4.78 is 5.21. The van der Waals surface area contributed by atoms with Crippen molar-refractivity contribution >= 4 is 5.97 Å². The van der Waals surface area contributed by atoms with Crippen molar-refractivity contribution in [1.82, 2.24) is 0 Å². The van der Waals surface area contributed by atoms with Crippen molar-refractivity contribution in [3.05, 3.63) is 34.4 Å². The molecule has 23 heavy (non-hydrogen) atoms. The molecule has 3 heteroatoms. The van der Waals surface area contributed by atoms with Gasteiger partial charge in [0.1, 0.15) is 0 Å². The zero-order valence-corrected chi connectivity index (χ0v) is 15.2. The van der Waals surface area contributed by atoms with Crippen LogP contribution in [0.1, 0.15) is 73.5 Å². The maximum Gasteiger partial charge on any atom is 0.335 e. The molecule has 0 atom stereocenters. The molecule has 3 nitrogen and oxygen atoms in total. The van der Waals surface area contributed by atoms with Gasteiger partial charge in [0.25, 0.3) is 0 Å². The highest BCUT2D eigenvalue weighted by atomic mass is 16.5. The van der Waals surface area contributed by atoms with E-state index in [0.29, 0.717) is 24.5 Å². The molecular weight excluding hydrogens is 288 g/mol. The zero-order chi connectivity index (χ0) is 17.2. The number of benzene rings is 1. The van der Waals surface area contributed by atoms with Crippen molar-refractivity contribution in [3.8, 4) is 0 Å². The third-order valence-corrected chi connectivity index (χ3v) is 4.32. The number of unbranched alkanes of at least 4 members (excludes halogenated alkanes) is 1. The molecule has 0 spiro atoms. The van der Waals surface area contributed by atoms with E-state index in [4.69, 9.17) is 4.74 Å².